The van der Waals surface area contributed by atoms with Gasteiger partial charge in [0.15, 0.2) is 0 Å². The van der Waals surface area contributed by atoms with Crippen LogP contribution in [0.1, 0.15) is 15.9 Å². The van der Waals surface area contributed by atoms with Gasteiger partial charge in [0, 0.05) is 5.56 Å². The van der Waals surface area contributed by atoms with Crippen molar-refractivity contribution in [3.05, 3.63) is 35.4 Å². The van der Waals surface area contributed by atoms with Crippen LogP contribution in [0, 0.1) is 0 Å². The van der Waals surface area contributed by atoms with Crippen LogP contribution in [0.5, 0.6) is 0 Å². The summed E-state index contributed by atoms with van der Waals surface area (Å²) in [5.41, 5.74) is 1.18. The number of esters is 1. The van der Waals surface area contributed by atoms with Crippen molar-refractivity contribution in [1.82, 2.24) is 0 Å². The molecule has 1 unspecified atom stereocenters. The van der Waals surface area contributed by atoms with Gasteiger partial charge in [-0.25, -0.2) is 4.79 Å². The highest BCUT2D eigenvalue weighted by atomic mass is 79.9. The van der Waals surface area contributed by atoms with Crippen molar-refractivity contribution in [2.75, 3.05) is 0 Å². The Morgan fingerprint density at radius 3 is 2.75 bits per heavy atom. The lowest BCUT2D eigenvalue weighted by Gasteiger charge is -2.11. The molecule has 0 saturated heterocycles. The number of rotatable bonds is 0. The van der Waals surface area contributed by atoms with E-state index in [1.807, 2.05) is 0 Å². The van der Waals surface area contributed by atoms with Gasteiger partial charge in [0.25, 0.3) is 3.97 Å². The molecule has 0 spiro atoms. The van der Waals surface area contributed by atoms with Crippen LogP contribution in [0.25, 0.3) is 0 Å². The highest BCUT2D eigenvalue weighted by molar-refractivity contribution is 9.10. The quantitative estimate of drug-likeness (QED) is 0.520. The molecule has 62 valence electrons. The highest BCUT2D eigenvalue weighted by Gasteiger charge is 2.41. The number of cyclic esters (lactones) is 1. The van der Waals surface area contributed by atoms with E-state index in [0.717, 1.165) is 0 Å². The fourth-order valence-corrected chi connectivity index (χ4v) is 1.87. The second kappa shape index (κ2) is 2.47. The molecule has 0 aliphatic carbocycles. The first-order valence-corrected chi connectivity index (χ1v) is 4.49. The summed E-state index contributed by atoms with van der Waals surface area (Å²) in [6.45, 7) is 0. The highest BCUT2D eigenvalue weighted by Crippen LogP contribution is 2.44. The van der Waals surface area contributed by atoms with Crippen molar-refractivity contribution in [3.8, 4) is 0 Å². The smallest absolute Gasteiger partial charge is 0.341 e. The Morgan fingerprint density at radius 1 is 1.42 bits per heavy atom. The summed E-state index contributed by atoms with van der Waals surface area (Å²) in [5.74, 6) is -0.391. The molecule has 0 N–H and O–H groups in total. The fourth-order valence-electron chi connectivity index (χ4n) is 1.14. The van der Waals surface area contributed by atoms with E-state index < -0.39 is 9.94 Å². The van der Waals surface area contributed by atoms with E-state index in [-0.39, 0.29) is 0 Å². The van der Waals surface area contributed by atoms with Gasteiger partial charge in [-0.1, -0.05) is 29.8 Å². The van der Waals surface area contributed by atoms with E-state index >= 15 is 0 Å². The molecule has 1 aromatic rings. The molecular formula is C8H4BrClO2. The van der Waals surface area contributed by atoms with Gasteiger partial charge in [-0.2, -0.15) is 0 Å². The minimum atomic E-state index is -1.17. The summed E-state index contributed by atoms with van der Waals surface area (Å²) in [7, 11) is 0. The second-order valence-corrected chi connectivity index (χ2v) is 4.56. The Kier molecular flexibility index (Phi) is 1.66. The van der Waals surface area contributed by atoms with Gasteiger partial charge in [-0.05, 0) is 22.0 Å². The predicted octanol–water partition coefficient (Wildman–Crippen LogP) is 2.60. The lowest BCUT2D eigenvalue weighted by Crippen LogP contribution is -2.07. The largest absolute Gasteiger partial charge is 0.425 e. The molecule has 1 aliphatic rings. The number of alkyl halides is 2. The first-order valence-electron chi connectivity index (χ1n) is 3.32. The van der Waals surface area contributed by atoms with Crippen LogP contribution < -0.4 is 0 Å². The molecule has 0 bridgehead atoms. The zero-order valence-electron chi connectivity index (χ0n) is 5.88. The van der Waals surface area contributed by atoms with Crippen molar-refractivity contribution in [1.29, 1.82) is 0 Å². The normalized spacial score (nSPS) is 26.7. The Hall–Kier alpha value is -0.540. The van der Waals surface area contributed by atoms with Crippen molar-refractivity contribution in [2.24, 2.45) is 0 Å². The molecule has 12 heavy (non-hydrogen) atoms. The number of benzene rings is 1. The van der Waals surface area contributed by atoms with Crippen LogP contribution in [-0.4, -0.2) is 5.97 Å². The Bertz CT molecular complexity index is 349. The molecule has 2 rings (SSSR count). The maximum atomic E-state index is 11.1. The van der Waals surface area contributed by atoms with Gasteiger partial charge < -0.3 is 4.74 Å². The number of hydrogen-bond acceptors (Lipinski definition) is 2. The third-order valence-corrected chi connectivity index (χ3v) is 2.55. The summed E-state index contributed by atoms with van der Waals surface area (Å²) in [6, 6.07) is 7.01. The molecular weight excluding hydrogens is 243 g/mol. The lowest BCUT2D eigenvalue weighted by atomic mass is 10.1. The van der Waals surface area contributed by atoms with E-state index in [9.17, 15) is 4.79 Å². The monoisotopic (exact) mass is 246 g/mol. The zero-order valence-corrected chi connectivity index (χ0v) is 8.22. The summed E-state index contributed by atoms with van der Waals surface area (Å²) < 4.78 is 3.70. The summed E-state index contributed by atoms with van der Waals surface area (Å²) in [6.07, 6.45) is 0. The first kappa shape index (κ1) is 8.08. The molecule has 0 saturated carbocycles. The van der Waals surface area contributed by atoms with Crippen molar-refractivity contribution < 1.29 is 9.53 Å². The Balaban J connectivity index is 2.66. The van der Waals surface area contributed by atoms with Gasteiger partial charge in [-0.3, -0.25) is 0 Å². The Labute approximate surface area is 82.6 Å². The van der Waals surface area contributed by atoms with Crippen LogP contribution in [-0.2, 0) is 8.71 Å². The maximum Gasteiger partial charge on any atom is 0.341 e. The zero-order chi connectivity index (χ0) is 8.77. The number of ether oxygens (including phenoxy) is 1. The van der Waals surface area contributed by atoms with Crippen LogP contribution in [0.2, 0.25) is 0 Å². The van der Waals surface area contributed by atoms with Gasteiger partial charge in [0.1, 0.15) is 0 Å². The topological polar surface area (TPSA) is 26.3 Å². The molecule has 2 nitrogen and oxygen atoms in total. The average Bonchev–Trinajstić information content (AvgIpc) is 2.25. The lowest BCUT2D eigenvalue weighted by molar-refractivity contribution is 0.0472. The number of hydrogen-bond donors (Lipinski definition) is 0. The molecule has 0 amide bonds. The van der Waals surface area contributed by atoms with Crippen molar-refractivity contribution >= 4 is 33.5 Å². The van der Waals surface area contributed by atoms with Crippen LogP contribution in [0.15, 0.2) is 24.3 Å². The molecule has 0 aromatic heterocycles. The minimum Gasteiger partial charge on any atom is -0.425 e. The third-order valence-electron chi connectivity index (χ3n) is 1.68. The summed E-state index contributed by atoms with van der Waals surface area (Å²) >= 11 is 8.97. The molecule has 1 aliphatic heterocycles. The molecule has 1 aromatic carbocycles. The van der Waals surface area contributed by atoms with E-state index in [1.54, 1.807) is 24.3 Å². The first-order chi connectivity index (χ1) is 5.61. The molecule has 0 radical (unpaired) electrons. The third kappa shape index (κ3) is 1.04. The number of halogens is 2. The molecule has 1 heterocycles. The second-order valence-electron chi connectivity index (χ2n) is 2.45. The standard InChI is InChI=1S/C8H4BrClO2/c9-8(10)6-4-2-1-3-5(6)7(11)12-8/h1-4H. The average molecular weight is 247 g/mol. The minimum absolute atomic E-state index is 0.391. The number of fused-ring (bicyclic) bond motifs is 1. The van der Waals surface area contributed by atoms with Crippen LogP contribution in [0.4, 0.5) is 0 Å². The molecule has 1 atom stereocenters. The van der Waals surface area contributed by atoms with Crippen LogP contribution >= 0.6 is 27.5 Å². The molecule has 4 heteroatoms. The van der Waals surface area contributed by atoms with Gasteiger partial charge in [0.2, 0.25) is 0 Å². The maximum absolute atomic E-state index is 11.1. The molecule has 0 fully saturated rings. The van der Waals surface area contributed by atoms with E-state index in [0.29, 0.717) is 11.1 Å². The van der Waals surface area contributed by atoms with Crippen LogP contribution in [0.3, 0.4) is 0 Å². The SMILES string of the molecule is O=C1OC(Cl)(Br)c2ccccc21. The predicted molar refractivity (Wildman–Crippen MR) is 48.3 cm³/mol. The number of carbonyl (C=O) groups is 1. The van der Waals surface area contributed by atoms with Crippen molar-refractivity contribution in [3.63, 3.8) is 0 Å². The van der Waals surface area contributed by atoms with Crippen molar-refractivity contribution in [2.45, 2.75) is 3.97 Å². The van der Waals surface area contributed by atoms with Gasteiger partial charge >= 0.3 is 5.97 Å². The van der Waals surface area contributed by atoms with Gasteiger partial charge in [0.05, 0.1) is 5.56 Å². The Morgan fingerprint density at radius 2 is 2.08 bits per heavy atom. The summed E-state index contributed by atoms with van der Waals surface area (Å²) in [5, 5.41) is 0. The van der Waals surface area contributed by atoms with E-state index in [2.05, 4.69) is 15.9 Å². The summed E-state index contributed by atoms with van der Waals surface area (Å²) in [4.78, 5) is 11.1. The van der Waals surface area contributed by atoms with E-state index in [1.165, 1.54) is 0 Å². The van der Waals surface area contributed by atoms with Gasteiger partial charge in [-0.15, -0.1) is 0 Å². The fraction of sp³-hybridized carbons (Fsp3) is 0.125. The van der Waals surface area contributed by atoms with E-state index in [4.69, 9.17) is 16.3 Å². The number of carbonyl (C=O) groups excluding carboxylic acids is 1.